The van der Waals surface area contributed by atoms with Crippen molar-refractivity contribution < 1.29 is 14.3 Å². The van der Waals surface area contributed by atoms with Gasteiger partial charge in [0.15, 0.2) is 5.78 Å². The van der Waals surface area contributed by atoms with Gasteiger partial charge in [-0.3, -0.25) is 9.78 Å². The predicted molar refractivity (Wildman–Crippen MR) is 140 cm³/mol. The average molecular weight is 538 g/mol. The molecule has 1 aliphatic rings. The highest BCUT2D eigenvalue weighted by Crippen LogP contribution is 2.32. The highest BCUT2D eigenvalue weighted by Gasteiger charge is 2.27. The van der Waals surface area contributed by atoms with Crippen LogP contribution in [0, 0.1) is 0 Å². The largest absolute Gasteiger partial charge is 0.444 e. The fraction of sp³-hybridized carbons (Fsp3) is 0.346. The number of hydrogen-bond donors (Lipinski definition) is 0. The molecular weight excluding hydrogens is 510 g/mol. The molecule has 182 valence electrons. The molecule has 1 aromatic carbocycles. The average Bonchev–Trinajstić information content (AvgIpc) is 2.82. The number of carbonyl (C=O) groups excluding carboxylic acids is 2. The molecule has 4 rings (SSSR count). The van der Waals surface area contributed by atoms with Gasteiger partial charge in [-0.1, -0.05) is 22.5 Å². The Morgan fingerprint density at radius 2 is 1.69 bits per heavy atom. The highest BCUT2D eigenvalue weighted by atomic mass is 79.9. The van der Waals surface area contributed by atoms with Gasteiger partial charge in [0.2, 0.25) is 5.95 Å². The zero-order valence-electron chi connectivity index (χ0n) is 20.3. The molecule has 1 fully saturated rings. The van der Waals surface area contributed by atoms with Crippen molar-refractivity contribution in [1.82, 2.24) is 19.9 Å². The second-order valence-electron chi connectivity index (χ2n) is 9.47. The summed E-state index contributed by atoms with van der Waals surface area (Å²) in [4.78, 5) is 42.0. The van der Waals surface area contributed by atoms with E-state index in [-0.39, 0.29) is 11.9 Å². The SMILES string of the molecule is C=C(c1cnc(N2CCN(C(=O)OC(C)(C)C)CC2)nc1)c1c(C(C)=O)cnc2ccc(Br)cc12. The van der Waals surface area contributed by atoms with Crippen LogP contribution in [0.15, 0.2) is 47.8 Å². The molecule has 1 aliphatic heterocycles. The molecule has 0 bridgehead atoms. The summed E-state index contributed by atoms with van der Waals surface area (Å²) in [6, 6.07) is 5.75. The van der Waals surface area contributed by atoms with Crippen molar-refractivity contribution in [2.75, 3.05) is 31.1 Å². The van der Waals surface area contributed by atoms with Crippen molar-refractivity contribution in [2.24, 2.45) is 0 Å². The van der Waals surface area contributed by atoms with Crippen LogP contribution in [-0.2, 0) is 4.74 Å². The van der Waals surface area contributed by atoms with E-state index >= 15 is 0 Å². The topological polar surface area (TPSA) is 88.5 Å². The first-order valence-electron chi connectivity index (χ1n) is 11.4. The highest BCUT2D eigenvalue weighted by molar-refractivity contribution is 9.10. The number of amides is 1. The quantitative estimate of drug-likeness (QED) is 0.427. The summed E-state index contributed by atoms with van der Waals surface area (Å²) >= 11 is 3.51. The lowest BCUT2D eigenvalue weighted by molar-refractivity contribution is 0.0240. The van der Waals surface area contributed by atoms with Gasteiger partial charge in [-0.2, -0.15) is 0 Å². The van der Waals surface area contributed by atoms with Gasteiger partial charge in [-0.15, -0.1) is 0 Å². The summed E-state index contributed by atoms with van der Waals surface area (Å²) in [5, 5.41) is 0.833. The third-order valence-electron chi connectivity index (χ3n) is 5.71. The van der Waals surface area contributed by atoms with Crippen LogP contribution >= 0.6 is 15.9 Å². The number of nitrogens with zero attached hydrogens (tertiary/aromatic N) is 5. The number of Topliss-reactive ketones (excluding diaryl/α,β-unsaturated/α-hetero) is 1. The summed E-state index contributed by atoms with van der Waals surface area (Å²) in [7, 11) is 0. The molecule has 0 N–H and O–H groups in total. The number of rotatable bonds is 4. The molecule has 1 saturated heterocycles. The van der Waals surface area contributed by atoms with E-state index in [1.165, 1.54) is 6.92 Å². The second kappa shape index (κ2) is 9.73. The van der Waals surface area contributed by atoms with Crippen molar-refractivity contribution in [3.05, 3.63) is 64.5 Å². The summed E-state index contributed by atoms with van der Waals surface area (Å²) in [5.41, 5.74) is 2.86. The number of ketones is 1. The first-order valence-corrected chi connectivity index (χ1v) is 12.2. The number of anilines is 1. The van der Waals surface area contributed by atoms with E-state index in [2.05, 4.69) is 37.5 Å². The van der Waals surface area contributed by atoms with Crippen molar-refractivity contribution in [3.63, 3.8) is 0 Å². The first-order chi connectivity index (χ1) is 16.5. The van der Waals surface area contributed by atoms with Crippen LogP contribution in [-0.4, -0.2) is 63.5 Å². The number of piperazine rings is 1. The molecule has 2 aromatic heterocycles. The molecule has 35 heavy (non-hydrogen) atoms. The molecule has 3 heterocycles. The van der Waals surface area contributed by atoms with E-state index in [1.54, 1.807) is 23.5 Å². The molecule has 9 heteroatoms. The molecular formula is C26H28BrN5O3. The van der Waals surface area contributed by atoms with E-state index in [0.717, 1.165) is 26.5 Å². The third kappa shape index (κ3) is 5.51. The number of ether oxygens (including phenoxy) is 1. The Labute approximate surface area is 213 Å². The maximum absolute atomic E-state index is 12.4. The van der Waals surface area contributed by atoms with Crippen molar-refractivity contribution >= 4 is 50.2 Å². The second-order valence-corrected chi connectivity index (χ2v) is 10.4. The number of fused-ring (bicyclic) bond motifs is 1. The lowest BCUT2D eigenvalue weighted by Crippen LogP contribution is -2.50. The molecule has 0 spiro atoms. The van der Waals surface area contributed by atoms with Gasteiger partial charge in [0.05, 0.1) is 5.52 Å². The Hall–Kier alpha value is -3.33. The van der Waals surface area contributed by atoms with Crippen LogP contribution in [0.2, 0.25) is 0 Å². The van der Waals surface area contributed by atoms with E-state index in [0.29, 0.717) is 43.3 Å². The van der Waals surface area contributed by atoms with Gasteiger partial charge in [-0.25, -0.2) is 14.8 Å². The fourth-order valence-corrected chi connectivity index (χ4v) is 4.32. The maximum atomic E-state index is 12.4. The molecule has 0 aliphatic carbocycles. The van der Waals surface area contributed by atoms with Crippen LogP contribution in [0.25, 0.3) is 16.5 Å². The molecule has 0 unspecified atom stereocenters. The number of halogens is 1. The van der Waals surface area contributed by atoms with Gasteiger partial charge in [-0.05, 0) is 51.5 Å². The summed E-state index contributed by atoms with van der Waals surface area (Å²) in [5.74, 6) is 0.496. The van der Waals surface area contributed by atoms with Crippen molar-refractivity contribution in [2.45, 2.75) is 33.3 Å². The minimum absolute atomic E-state index is 0.0871. The smallest absolute Gasteiger partial charge is 0.410 e. The molecule has 0 saturated carbocycles. The van der Waals surface area contributed by atoms with Gasteiger partial charge in [0.1, 0.15) is 5.60 Å². The maximum Gasteiger partial charge on any atom is 0.410 e. The monoisotopic (exact) mass is 537 g/mol. The lowest BCUT2D eigenvalue weighted by Gasteiger charge is -2.35. The van der Waals surface area contributed by atoms with Gasteiger partial charge < -0.3 is 14.5 Å². The van der Waals surface area contributed by atoms with Gasteiger partial charge in [0.25, 0.3) is 0 Å². The Kier molecular flexibility index (Phi) is 6.89. The standard InChI is InChI=1S/C26H28BrN5O3/c1-16(23-20-12-19(27)6-7-22(20)28-15-21(23)17(2)33)18-13-29-24(30-14-18)31-8-10-32(11-9-31)25(34)35-26(3,4)5/h6-7,12-15H,1,8-11H2,2-5H3. The Balaban J connectivity index is 1.53. The summed E-state index contributed by atoms with van der Waals surface area (Å²) in [6.45, 7) is 13.7. The zero-order valence-corrected chi connectivity index (χ0v) is 21.9. The van der Waals surface area contributed by atoms with Crippen LogP contribution in [0.5, 0.6) is 0 Å². The third-order valence-corrected chi connectivity index (χ3v) is 6.21. The Bertz CT molecular complexity index is 1290. The van der Waals surface area contributed by atoms with E-state index in [4.69, 9.17) is 4.74 Å². The molecule has 8 nitrogen and oxygen atoms in total. The Morgan fingerprint density at radius 3 is 2.29 bits per heavy atom. The van der Waals surface area contributed by atoms with Crippen LogP contribution in [0.1, 0.15) is 49.2 Å². The van der Waals surface area contributed by atoms with E-state index in [9.17, 15) is 9.59 Å². The number of aromatic nitrogens is 3. The van der Waals surface area contributed by atoms with Crippen LogP contribution in [0.4, 0.5) is 10.7 Å². The molecule has 1 amide bonds. The van der Waals surface area contributed by atoms with Crippen molar-refractivity contribution in [3.8, 4) is 0 Å². The molecule has 0 atom stereocenters. The molecule has 0 radical (unpaired) electrons. The number of pyridine rings is 1. The lowest BCUT2D eigenvalue weighted by atomic mass is 9.92. The number of carbonyl (C=O) groups is 2. The predicted octanol–water partition coefficient (Wildman–Crippen LogP) is 5.11. The minimum Gasteiger partial charge on any atom is -0.444 e. The van der Waals surface area contributed by atoms with E-state index < -0.39 is 5.60 Å². The van der Waals surface area contributed by atoms with Crippen LogP contribution < -0.4 is 4.90 Å². The minimum atomic E-state index is -0.520. The van der Waals surface area contributed by atoms with Crippen molar-refractivity contribution in [1.29, 1.82) is 0 Å². The molecule has 3 aromatic rings. The zero-order chi connectivity index (χ0) is 25.3. The van der Waals surface area contributed by atoms with Crippen LogP contribution in [0.3, 0.4) is 0 Å². The number of benzene rings is 1. The fourth-order valence-electron chi connectivity index (χ4n) is 3.96. The van der Waals surface area contributed by atoms with E-state index in [1.807, 2.05) is 43.9 Å². The number of hydrogen-bond acceptors (Lipinski definition) is 7. The summed E-state index contributed by atoms with van der Waals surface area (Å²) < 4.78 is 6.35. The normalized spacial score (nSPS) is 14.2. The summed E-state index contributed by atoms with van der Waals surface area (Å²) in [6.07, 6.45) is 4.73. The first kappa shape index (κ1) is 24.8. The van der Waals surface area contributed by atoms with Gasteiger partial charge in [0, 0.05) is 71.3 Å². The van der Waals surface area contributed by atoms with Gasteiger partial charge >= 0.3 is 6.09 Å². The Morgan fingerprint density at radius 1 is 1.03 bits per heavy atom.